The first-order chi connectivity index (χ1) is 13.0. The first-order valence-corrected chi connectivity index (χ1v) is 8.61. The summed E-state index contributed by atoms with van der Waals surface area (Å²) in [5, 5.41) is 0. The Balaban J connectivity index is 1.54. The van der Waals surface area contributed by atoms with E-state index in [1.807, 2.05) is 62.4 Å². The molecule has 0 aliphatic rings. The van der Waals surface area contributed by atoms with E-state index in [1.54, 1.807) is 24.3 Å². The van der Waals surface area contributed by atoms with Crippen LogP contribution in [0.3, 0.4) is 0 Å². The Morgan fingerprint density at radius 2 is 0.926 bits per heavy atom. The van der Waals surface area contributed by atoms with Crippen LogP contribution in [-0.2, 0) is 9.47 Å². The van der Waals surface area contributed by atoms with E-state index in [1.165, 1.54) is 5.56 Å². The minimum absolute atomic E-state index is 0.400. The first-order valence-electron chi connectivity index (χ1n) is 8.61. The van der Waals surface area contributed by atoms with Crippen LogP contribution in [0.4, 0.5) is 0 Å². The summed E-state index contributed by atoms with van der Waals surface area (Å²) in [6.07, 6.45) is 0. The number of rotatable bonds is 5. The van der Waals surface area contributed by atoms with Crippen molar-refractivity contribution in [2.45, 2.75) is 13.8 Å². The fraction of sp³-hybridized carbons (Fsp3) is 0.130. The molecule has 0 bridgehead atoms. The van der Waals surface area contributed by atoms with Gasteiger partial charge in [-0.15, -0.1) is 0 Å². The molecule has 0 saturated carbocycles. The number of benzene rings is 3. The molecule has 0 N–H and O–H groups in total. The molecule has 0 atom stereocenters. The van der Waals surface area contributed by atoms with Crippen molar-refractivity contribution in [1.82, 2.24) is 0 Å². The lowest BCUT2D eigenvalue weighted by molar-refractivity contribution is -0.0167. The third kappa shape index (κ3) is 4.82. The zero-order valence-electron chi connectivity index (χ0n) is 15.3. The number of aryl methyl sites for hydroxylation is 2. The van der Waals surface area contributed by atoms with Crippen molar-refractivity contribution in [2.24, 2.45) is 0 Å². The van der Waals surface area contributed by atoms with Crippen LogP contribution in [0.1, 0.15) is 31.8 Å². The van der Waals surface area contributed by atoms with Crippen LogP contribution in [0.5, 0.6) is 0 Å². The predicted molar refractivity (Wildman–Crippen MR) is 103 cm³/mol. The van der Waals surface area contributed by atoms with E-state index >= 15 is 0 Å². The van der Waals surface area contributed by atoms with Crippen LogP contribution in [0.2, 0.25) is 0 Å². The molecule has 3 rings (SSSR count). The molecule has 0 aliphatic carbocycles. The van der Waals surface area contributed by atoms with Crippen molar-refractivity contribution in [3.8, 4) is 11.1 Å². The van der Waals surface area contributed by atoms with Crippen molar-refractivity contribution >= 4 is 11.9 Å². The summed E-state index contributed by atoms with van der Waals surface area (Å²) in [6, 6.07) is 22.2. The highest BCUT2D eigenvalue weighted by Gasteiger charge is 2.10. The molecule has 0 aromatic heterocycles. The molecule has 0 amide bonds. The number of carbonyl (C=O) groups excluding carboxylic acids is 2. The molecule has 27 heavy (non-hydrogen) atoms. The van der Waals surface area contributed by atoms with Gasteiger partial charge in [0.25, 0.3) is 0 Å². The average Bonchev–Trinajstić information content (AvgIpc) is 2.69. The number of carbonyl (C=O) groups is 2. The summed E-state index contributed by atoms with van der Waals surface area (Å²) in [7, 11) is 0. The minimum Gasteiger partial charge on any atom is -0.424 e. The maximum atomic E-state index is 12.1. The highest BCUT2D eigenvalue weighted by molar-refractivity contribution is 5.91. The van der Waals surface area contributed by atoms with Gasteiger partial charge in [0.05, 0.1) is 11.1 Å². The maximum absolute atomic E-state index is 12.1. The zero-order valence-corrected chi connectivity index (χ0v) is 15.3. The van der Waals surface area contributed by atoms with Crippen molar-refractivity contribution < 1.29 is 19.1 Å². The summed E-state index contributed by atoms with van der Waals surface area (Å²) in [6.45, 7) is 3.54. The topological polar surface area (TPSA) is 52.6 Å². The van der Waals surface area contributed by atoms with Gasteiger partial charge < -0.3 is 9.47 Å². The molecule has 4 heteroatoms. The van der Waals surface area contributed by atoms with E-state index < -0.39 is 18.7 Å². The zero-order chi connectivity index (χ0) is 19.2. The first kappa shape index (κ1) is 18.4. The van der Waals surface area contributed by atoms with E-state index in [0.29, 0.717) is 11.1 Å². The Morgan fingerprint density at radius 1 is 0.593 bits per heavy atom. The molecule has 4 nitrogen and oxygen atoms in total. The predicted octanol–water partition coefficient (Wildman–Crippen LogP) is 4.94. The van der Waals surface area contributed by atoms with E-state index in [2.05, 4.69) is 0 Å². The van der Waals surface area contributed by atoms with Crippen molar-refractivity contribution in [2.75, 3.05) is 6.79 Å². The molecule has 0 fully saturated rings. The Kier molecular flexibility index (Phi) is 5.67. The van der Waals surface area contributed by atoms with Gasteiger partial charge in [-0.25, -0.2) is 9.59 Å². The van der Waals surface area contributed by atoms with E-state index in [-0.39, 0.29) is 0 Å². The van der Waals surface area contributed by atoms with Crippen LogP contribution >= 0.6 is 0 Å². The second kappa shape index (κ2) is 8.32. The van der Waals surface area contributed by atoms with Crippen LogP contribution in [-0.4, -0.2) is 18.7 Å². The number of hydrogen-bond acceptors (Lipinski definition) is 4. The van der Waals surface area contributed by atoms with Crippen LogP contribution in [0.15, 0.2) is 72.8 Å². The molecule has 0 radical (unpaired) electrons. The SMILES string of the molecule is Cc1ccc(C(=O)OCOC(=O)c2ccc(-c3ccc(C)cc3)cc2)cc1. The third-order valence-corrected chi connectivity index (χ3v) is 4.17. The van der Waals surface area contributed by atoms with Crippen LogP contribution < -0.4 is 0 Å². The Hall–Kier alpha value is -3.40. The van der Waals surface area contributed by atoms with Gasteiger partial charge in [-0.1, -0.05) is 59.7 Å². The van der Waals surface area contributed by atoms with Gasteiger partial charge in [-0.2, -0.15) is 0 Å². The number of esters is 2. The highest BCUT2D eigenvalue weighted by Crippen LogP contribution is 2.20. The molecule has 0 aliphatic heterocycles. The Bertz CT molecular complexity index is 924. The standard InChI is InChI=1S/C23H20O4/c1-16-3-7-18(8-4-16)19-11-13-21(14-12-19)23(25)27-15-26-22(24)20-9-5-17(2)6-10-20/h3-14H,15H2,1-2H3. The molecule has 0 spiro atoms. The molecule has 0 heterocycles. The average molecular weight is 360 g/mol. The van der Waals surface area contributed by atoms with Gasteiger partial charge in [0.2, 0.25) is 6.79 Å². The number of hydrogen-bond donors (Lipinski definition) is 0. The van der Waals surface area contributed by atoms with Gasteiger partial charge in [0.1, 0.15) is 0 Å². The molecule has 0 unspecified atom stereocenters. The maximum Gasteiger partial charge on any atom is 0.340 e. The van der Waals surface area contributed by atoms with Crippen molar-refractivity contribution in [3.05, 3.63) is 95.1 Å². The summed E-state index contributed by atoms with van der Waals surface area (Å²) in [4.78, 5) is 24.0. The number of ether oxygens (including phenoxy) is 2. The molecule has 0 saturated heterocycles. The summed E-state index contributed by atoms with van der Waals surface area (Å²) in [5.74, 6) is -1.07. The Labute approximate surface area is 158 Å². The lowest BCUT2D eigenvalue weighted by Gasteiger charge is -2.07. The van der Waals surface area contributed by atoms with Crippen molar-refractivity contribution in [1.29, 1.82) is 0 Å². The van der Waals surface area contributed by atoms with Gasteiger partial charge >= 0.3 is 11.9 Å². The van der Waals surface area contributed by atoms with Gasteiger partial charge in [-0.3, -0.25) is 0 Å². The normalized spacial score (nSPS) is 10.3. The quantitative estimate of drug-likeness (QED) is 0.478. The second-order valence-corrected chi connectivity index (χ2v) is 6.29. The molecular weight excluding hydrogens is 340 g/mol. The van der Waals surface area contributed by atoms with Crippen LogP contribution in [0, 0.1) is 13.8 Å². The van der Waals surface area contributed by atoms with Crippen LogP contribution in [0.25, 0.3) is 11.1 Å². The lowest BCUT2D eigenvalue weighted by atomic mass is 10.0. The van der Waals surface area contributed by atoms with Gasteiger partial charge in [0.15, 0.2) is 0 Å². The Morgan fingerprint density at radius 3 is 1.37 bits per heavy atom. The largest absolute Gasteiger partial charge is 0.424 e. The molecular formula is C23H20O4. The molecule has 3 aromatic carbocycles. The minimum atomic E-state index is -0.540. The van der Waals surface area contributed by atoms with Gasteiger partial charge in [0, 0.05) is 0 Å². The monoisotopic (exact) mass is 360 g/mol. The molecule has 3 aromatic rings. The fourth-order valence-electron chi connectivity index (χ4n) is 2.54. The summed E-state index contributed by atoms with van der Waals surface area (Å²) in [5.41, 5.74) is 5.15. The van der Waals surface area contributed by atoms with Gasteiger partial charge in [-0.05, 0) is 49.2 Å². The van der Waals surface area contributed by atoms with Crippen molar-refractivity contribution in [3.63, 3.8) is 0 Å². The fourth-order valence-corrected chi connectivity index (χ4v) is 2.54. The molecule has 136 valence electrons. The lowest BCUT2D eigenvalue weighted by Crippen LogP contribution is -2.13. The second-order valence-electron chi connectivity index (χ2n) is 6.29. The summed E-state index contributed by atoms with van der Waals surface area (Å²) >= 11 is 0. The highest BCUT2D eigenvalue weighted by atomic mass is 16.7. The van der Waals surface area contributed by atoms with E-state index in [0.717, 1.165) is 16.7 Å². The third-order valence-electron chi connectivity index (χ3n) is 4.17. The van der Waals surface area contributed by atoms with E-state index in [9.17, 15) is 9.59 Å². The smallest absolute Gasteiger partial charge is 0.340 e. The summed E-state index contributed by atoms with van der Waals surface area (Å²) < 4.78 is 10.0. The van der Waals surface area contributed by atoms with E-state index in [4.69, 9.17) is 9.47 Å².